The molecule has 0 aliphatic carbocycles. The molecule has 0 fully saturated rings. The minimum Gasteiger partial charge on any atom is -0.335 e. The molecule has 4 nitrogen and oxygen atoms in total. The lowest BCUT2D eigenvalue weighted by atomic mass is 10.0. The van der Waals surface area contributed by atoms with Gasteiger partial charge in [0.05, 0.1) is 0 Å². The summed E-state index contributed by atoms with van der Waals surface area (Å²) in [4.78, 5) is 28.0. The quantitative estimate of drug-likeness (QED) is 0.132. The van der Waals surface area contributed by atoms with E-state index in [-0.39, 0.29) is 11.5 Å². The van der Waals surface area contributed by atoms with E-state index in [0.29, 0.717) is 12.0 Å². The van der Waals surface area contributed by atoms with Crippen molar-refractivity contribution in [3.8, 4) is 0 Å². The number of allylic oxidation sites excluding steroid dienone is 1. The molecule has 0 aromatic heterocycles. The van der Waals surface area contributed by atoms with E-state index in [0.717, 1.165) is 12.8 Å². The van der Waals surface area contributed by atoms with Crippen molar-refractivity contribution in [2.45, 2.75) is 130 Å². The molecule has 0 aliphatic rings. The van der Waals surface area contributed by atoms with E-state index < -0.39 is 5.97 Å². The van der Waals surface area contributed by atoms with E-state index in [1.54, 1.807) is 6.92 Å². The van der Waals surface area contributed by atoms with Crippen LogP contribution < -0.4 is 5.48 Å². The normalized spacial score (nSPS) is 11.4. The second-order valence-corrected chi connectivity index (χ2v) is 8.42. The summed E-state index contributed by atoms with van der Waals surface area (Å²) >= 11 is 0. The molecule has 0 radical (unpaired) electrons. The van der Waals surface area contributed by atoms with Gasteiger partial charge in [-0.15, -0.1) is 0 Å². The van der Waals surface area contributed by atoms with Crippen LogP contribution in [0.15, 0.2) is 23.8 Å². The van der Waals surface area contributed by atoms with Crippen LogP contribution in [0.3, 0.4) is 0 Å². The van der Waals surface area contributed by atoms with Gasteiger partial charge in [0, 0.05) is 11.1 Å². The van der Waals surface area contributed by atoms with Crippen molar-refractivity contribution in [2.24, 2.45) is 0 Å². The predicted molar refractivity (Wildman–Crippen MR) is 127 cm³/mol. The van der Waals surface area contributed by atoms with Crippen molar-refractivity contribution in [3.63, 3.8) is 0 Å². The van der Waals surface area contributed by atoms with Crippen LogP contribution in [0.2, 0.25) is 0 Å². The number of hydrogen-bond acceptors (Lipinski definition) is 3. The first-order chi connectivity index (χ1) is 14.5. The summed E-state index contributed by atoms with van der Waals surface area (Å²) in [5.41, 5.74) is 3.12. The zero-order valence-corrected chi connectivity index (χ0v) is 20.0. The summed E-state index contributed by atoms with van der Waals surface area (Å²) < 4.78 is 0. The van der Waals surface area contributed by atoms with Crippen molar-refractivity contribution < 1.29 is 14.4 Å². The summed E-state index contributed by atoms with van der Waals surface area (Å²) in [5, 5.41) is 0. The van der Waals surface area contributed by atoms with Crippen LogP contribution in [-0.2, 0) is 14.4 Å². The molecule has 0 aromatic rings. The average Bonchev–Trinajstić information content (AvgIpc) is 2.74. The monoisotopic (exact) mass is 421 g/mol. The van der Waals surface area contributed by atoms with Crippen LogP contribution in [0.25, 0.3) is 0 Å². The lowest BCUT2D eigenvalue weighted by Gasteiger charge is -2.07. The Hall–Kier alpha value is -1.58. The SMILES string of the molecule is C=C(C)C(=O)ONC(=O)C(=CCCCCCCCCCCCCCCCCC)CC. The largest absolute Gasteiger partial charge is 0.358 e. The molecule has 0 atom stereocenters. The second kappa shape index (κ2) is 20.7. The van der Waals surface area contributed by atoms with E-state index >= 15 is 0 Å². The maximum atomic E-state index is 12.0. The van der Waals surface area contributed by atoms with Crippen LogP contribution in [0.1, 0.15) is 130 Å². The lowest BCUT2D eigenvalue weighted by molar-refractivity contribution is -0.153. The Kier molecular flexibility index (Phi) is 19.6. The zero-order valence-electron chi connectivity index (χ0n) is 20.0. The number of carbonyl (C=O) groups is 2. The third-order valence-electron chi connectivity index (χ3n) is 5.46. The second-order valence-electron chi connectivity index (χ2n) is 8.42. The fourth-order valence-electron chi connectivity index (χ4n) is 3.43. The van der Waals surface area contributed by atoms with Gasteiger partial charge in [-0.25, -0.2) is 4.79 Å². The maximum absolute atomic E-state index is 12.0. The Morgan fingerprint density at radius 1 is 0.767 bits per heavy atom. The number of hydrogen-bond donors (Lipinski definition) is 1. The first-order valence-electron chi connectivity index (χ1n) is 12.4. The molecular weight excluding hydrogens is 374 g/mol. The Morgan fingerprint density at radius 3 is 1.60 bits per heavy atom. The van der Waals surface area contributed by atoms with Crippen LogP contribution in [-0.4, -0.2) is 11.9 Å². The third kappa shape index (κ3) is 17.3. The molecule has 0 unspecified atom stereocenters. The molecule has 0 rings (SSSR count). The van der Waals surface area contributed by atoms with Crippen molar-refractivity contribution in [1.82, 2.24) is 5.48 Å². The summed E-state index contributed by atoms with van der Waals surface area (Å²) in [7, 11) is 0. The molecule has 4 heteroatoms. The standard InChI is InChI=1S/C26H47NO3/c1-5-7-8-9-10-11-12-13-14-15-16-17-18-19-20-21-22-24(6-2)25(28)27-30-26(29)23(3)4/h22H,3,5-21H2,1-2,4H3,(H,27,28). The lowest BCUT2D eigenvalue weighted by Crippen LogP contribution is -2.28. The highest BCUT2D eigenvalue weighted by Gasteiger charge is 2.10. The highest BCUT2D eigenvalue weighted by molar-refractivity contribution is 5.94. The molecule has 0 heterocycles. The van der Waals surface area contributed by atoms with E-state index in [1.807, 2.05) is 13.0 Å². The van der Waals surface area contributed by atoms with Gasteiger partial charge in [-0.05, 0) is 26.2 Å². The highest BCUT2D eigenvalue weighted by atomic mass is 16.7. The van der Waals surface area contributed by atoms with Crippen LogP contribution in [0.5, 0.6) is 0 Å². The van der Waals surface area contributed by atoms with Crippen LogP contribution >= 0.6 is 0 Å². The molecule has 0 aliphatic heterocycles. The minimum absolute atomic E-state index is 0.259. The number of hydroxylamine groups is 1. The summed E-state index contributed by atoms with van der Waals surface area (Å²) in [6.45, 7) is 9.23. The number of rotatable bonds is 19. The molecular formula is C26H47NO3. The number of carbonyl (C=O) groups excluding carboxylic acids is 2. The Bertz CT molecular complexity index is 497. The van der Waals surface area contributed by atoms with Gasteiger partial charge >= 0.3 is 5.97 Å². The van der Waals surface area contributed by atoms with Gasteiger partial charge in [0.25, 0.3) is 5.91 Å². The molecule has 1 N–H and O–H groups in total. The van der Waals surface area contributed by atoms with E-state index in [4.69, 9.17) is 4.84 Å². The van der Waals surface area contributed by atoms with Gasteiger partial charge in [0.15, 0.2) is 0 Å². The van der Waals surface area contributed by atoms with Crippen LogP contribution in [0, 0.1) is 0 Å². The van der Waals surface area contributed by atoms with Gasteiger partial charge in [-0.2, -0.15) is 5.48 Å². The smallest absolute Gasteiger partial charge is 0.335 e. The van der Waals surface area contributed by atoms with Gasteiger partial charge in [0.2, 0.25) is 0 Å². The molecule has 30 heavy (non-hydrogen) atoms. The van der Waals surface area contributed by atoms with Gasteiger partial charge in [-0.1, -0.05) is 116 Å². The molecule has 1 amide bonds. The Labute approximate surface area is 185 Å². The fourth-order valence-corrected chi connectivity index (χ4v) is 3.43. The number of nitrogens with one attached hydrogen (secondary N) is 1. The third-order valence-corrected chi connectivity index (χ3v) is 5.46. The fraction of sp³-hybridized carbons (Fsp3) is 0.769. The van der Waals surface area contributed by atoms with Gasteiger partial charge < -0.3 is 4.84 Å². The maximum Gasteiger partial charge on any atom is 0.358 e. The van der Waals surface area contributed by atoms with Crippen molar-refractivity contribution in [1.29, 1.82) is 0 Å². The molecule has 174 valence electrons. The summed E-state index contributed by atoms with van der Waals surface area (Å²) in [6, 6.07) is 0. The first-order valence-corrected chi connectivity index (χ1v) is 12.4. The van der Waals surface area contributed by atoms with Gasteiger partial charge in [0.1, 0.15) is 0 Å². The number of amides is 1. The summed E-state index contributed by atoms with van der Waals surface area (Å²) in [6.07, 6.45) is 23.7. The molecule has 0 saturated heterocycles. The first kappa shape index (κ1) is 28.4. The average molecular weight is 422 g/mol. The minimum atomic E-state index is -0.610. The summed E-state index contributed by atoms with van der Waals surface area (Å²) in [5.74, 6) is -0.950. The van der Waals surface area contributed by atoms with E-state index in [2.05, 4.69) is 19.0 Å². The molecule has 0 bridgehead atoms. The molecule has 0 saturated carbocycles. The van der Waals surface area contributed by atoms with Gasteiger partial charge in [-0.3, -0.25) is 4.79 Å². The van der Waals surface area contributed by atoms with Crippen molar-refractivity contribution in [3.05, 3.63) is 23.8 Å². The van der Waals surface area contributed by atoms with E-state index in [1.165, 1.54) is 89.9 Å². The highest BCUT2D eigenvalue weighted by Crippen LogP contribution is 2.14. The van der Waals surface area contributed by atoms with Crippen molar-refractivity contribution in [2.75, 3.05) is 0 Å². The zero-order chi connectivity index (χ0) is 22.5. The molecule has 0 spiro atoms. The Balaban J connectivity index is 3.56. The van der Waals surface area contributed by atoms with E-state index in [9.17, 15) is 9.59 Å². The predicted octanol–water partition coefficient (Wildman–Crippen LogP) is 7.73. The number of unbranched alkanes of at least 4 members (excludes halogenated alkanes) is 15. The Morgan fingerprint density at radius 2 is 1.20 bits per heavy atom. The van der Waals surface area contributed by atoms with Crippen LogP contribution in [0.4, 0.5) is 0 Å². The topological polar surface area (TPSA) is 55.4 Å². The van der Waals surface area contributed by atoms with Crippen molar-refractivity contribution >= 4 is 11.9 Å². The molecule has 0 aromatic carbocycles.